The number of hydrogen-bond donors (Lipinski definition) is 0. The molecule has 0 unspecified atom stereocenters. The summed E-state index contributed by atoms with van der Waals surface area (Å²) in [5.74, 6) is -0.294. The molecule has 0 N–H and O–H groups in total. The van der Waals surface area contributed by atoms with Crippen LogP contribution in [-0.4, -0.2) is 14.5 Å². The van der Waals surface area contributed by atoms with Gasteiger partial charge in [0.1, 0.15) is 23.2 Å². The predicted octanol–water partition coefficient (Wildman–Crippen LogP) is 2.91. The summed E-state index contributed by atoms with van der Waals surface area (Å²) in [4.78, 5) is 8.00. The predicted molar refractivity (Wildman–Crippen MR) is 61.0 cm³/mol. The molecule has 80 valence electrons. The highest BCUT2D eigenvalue weighted by Crippen LogP contribution is 2.31. The van der Waals surface area contributed by atoms with E-state index < -0.39 is 0 Å². The van der Waals surface area contributed by atoms with Crippen molar-refractivity contribution in [2.24, 2.45) is 7.05 Å². The second-order valence-electron chi connectivity index (χ2n) is 3.55. The molecule has 2 aromatic heterocycles. The first-order valence-corrected chi connectivity index (χ1v) is 5.11. The lowest BCUT2D eigenvalue weighted by molar-refractivity contribution is 0.640. The van der Waals surface area contributed by atoms with Gasteiger partial charge in [-0.1, -0.05) is 17.7 Å². The second kappa shape index (κ2) is 3.15. The summed E-state index contributed by atoms with van der Waals surface area (Å²) in [6, 6.07) is 4.91. The molecule has 0 atom stereocenters. The second-order valence-corrected chi connectivity index (χ2v) is 3.91. The maximum Gasteiger partial charge on any atom is 0.156 e. The third-order valence-electron chi connectivity index (χ3n) is 2.70. The van der Waals surface area contributed by atoms with Gasteiger partial charge in [-0.2, -0.15) is 0 Å². The van der Waals surface area contributed by atoms with Crippen LogP contribution < -0.4 is 0 Å². The molecule has 2 heterocycles. The van der Waals surface area contributed by atoms with E-state index in [2.05, 4.69) is 9.97 Å². The summed E-state index contributed by atoms with van der Waals surface area (Å²) < 4.78 is 15.5. The van der Waals surface area contributed by atoms with Crippen LogP contribution in [0.2, 0.25) is 5.15 Å². The van der Waals surface area contributed by atoms with Crippen molar-refractivity contribution in [2.75, 3.05) is 0 Å². The molecule has 0 aliphatic carbocycles. The SMILES string of the molecule is Cn1c2cccc(F)c2c2ncnc(Cl)c21. The molecule has 0 amide bonds. The van der Waals surface area contributed by atoms with E-state index >= 15 is 0 Å². The summed E-state index contributed by atoms with van der Waals surface area (Å²) in [6.45, 7) is 0. The van der Waals surface area contributed by atoms with Gasteiger partial charge >= 0.3 is 0 Å². The Kier molecular flexibility index (Phi) is 1.88. The summed E-state index contributed by atoms with van der Waals surface area (Å²) in [5, 5.41) is 0.826. The average molecular weight is 236 g/mol. The number of halogens is 2. The molecule has 1 aromatic carbocycles. The molecule has 3 nitrogen and oxygen atoms in total. The zero-order chi connectivity index (χ0) is 11.3. The highest BCUT2D eigenvalue weighted by Gasteiger charge is 2.15. The molecular formula is C11H7ClFN3. The zero-order valence-electron chi connectivity index (χ0n) is 8.41. The first kappa shape index (κ1) is 9.54. The quantitative estimate of drug-likeness (QED) is 0.561. The van der Waals surface area contributed by atoms with Crippen LogP contribution in [0.4, 0.5) is 4.39 Å². The Morgan fingerprint density at radius 1 is 1.31 bits per heavy atom. The van der Waals surface area contributed by atoms with E-state index in [0.29, 0.717) is 21.6 Å². The van der Waals surface area contributed by atoms with Gasteiger partial charge in [0.2, 0.25) is 0 Å². The van der Waals surface area contributed by atoms with Gasteiger partial charge in [-0.05, 0) is 12.1 Å². The number of fused-ring (bicyclic) bond motifs is 3. The molecule has 3 rings (SSSR count). The topological polar surface area (TPSA) is 30.7 Å². The molecule has 0 aliphatic rings. The maximum atomic E-state index is 13.7. The molecular weight excluding hydrogens is 229 g/mol. The lowest BCUT2D eigenvalue weighted by Crippen LogP contribution is -1.89. The molecule has 0 radical (unpaired) electrons. The van der Waals surface area contributed by atoms with Crippen molar-refractivity contribution in [1.82, 2.24) is 14.5 Å². The Morgan fingerprint density at radius 3 is 2.94 bits per heavy atom. The first-order valence-electron chi connectivity index (χ1n) is 4.73. The number of nitrogens with zero attached hydrogens (tertiary/aromatic N) is 3. The van der Waals surface area contributed by atoms with Gasteiger partial charge in [-0.3, -0.25) is 0 Å². The van der Waals surface area contributed by atoms with Crippen LogP contribution in [0.5, 0.6) is 0 Å². The minimum atomic E-state index is -0.294. The fourth-order valence-corrected chi connectivity index (χ4v) is 2.24. The Morgan fingerprint density at radius 2 is 2.12 bits per heavy atom. The number of hydrogen-bond acceptors (Lipinski definition) is 2. The molecule has 0 spiro atoms. The van der Waals surface area contributed by atoms with Gasteiger partial charge in [0.05, 0.1) is 10.9 Å². The van der Waals surface area contributed by atoms with Gasteiger partial charge in [-0.15, -0.1) is 0 Å². The Labute approximate surface area is 95.5 Å². The first-order chi connectivity index (χ1) is 7.70. The van der Waals surface area contributed by atoms with E-state index in [0.717, 1.165) is 5.52 Å². The molecule has 16 heavy (non-hydrogen) atoms. The van der Waals surface area contributed by atoms with Crippen LogP contribution in [0.15, 0.2) is 24.5 Å². The number of benzene rings is 1. The van der Waals surface area contributed by atoms with Crippen LogP contribution >= 0.6 is 11.6 Å². The van der Waals surface area contributed by atoms with Crippen molar-refractivity contribution in [1.29, 1.82) is 0 Å². The van der Waals surface area contributed by atoms with Crippen LogP contribution in [0.1, 0.15) is 0 Å². The molecule has 0 saturated carbocycles. The van der Waals surface area contributed by atoms with Crippen LogP contribution in [0.25, 0.3) is 21.9 Å². The fraction of sp³-hybridized carbons (Fsp3) is 0.0909. The van der Waals surface area contributed by atoms with E-state index in [9.17, 15) is 4.39 Å². The van der Waals surface area contributed by atoms with Crippen molar-refractivity contribution in [3.05, 3.63) is 35.5 Å². The van der Waals surface area contributed by atoms with Gasteiger partial charge in [0.25, 0.3) is 0 Å². The van der Waals surface area contributed by atoms with Crippen LogP contribution in [0.3, 0.4) is 0 Å². The minimum absolute atomic E-state index is 0.294. The zero-order valence-corrected chi connectivity index (χ0v) is 9.16. The van der Waals surface area contributed by atoms with Crippen LogP contribution in [-0.2, 0) is 7.05 Å². The van der Waals surface area contributed by atoms with E-state index in [-0.39, 0.29) is 5.82 Å². The van der Waals surface area contributed by atoms with E-state index in [1.807, 2.05) is 13.1 Å². The molecule has 3 aromatic rings. The van der Waals surface area contributed by atoms with Gasteiger partial charge in [-0.25, -0.2) is 14.4 Å². The Balaban J connectivity index is 2.71. The largest absolute Gasteiger partial charge is 0.340 e. The number of aryl methyl sites for hydroxylation is 1. The van der Waals surface area contributed by atoms with Crippen molar-refractivity contribution >= 4 is 33.5 Å². The van der Waals surface area contributed by atoms with Gasteiger partial charge in [0.15, 0.2) is 5.15 Å². The third kappa shape index (κ3) is 1.08. The van der Waals surface area contributed by atoms with Crippen molar-refractivity contribution in [3.8, 4) is 0 Å². The smallest absolute Gasteiger partial charge is 0.156 e. The maximum absolute atomic E-state index is 13.7. The van der Waals surface area contributed by atoms with E-state index in [1.54, 1.807) is 10.6 Å². The van der Waals surface area contributed by atoms with Crippen molar-refractivity contribution < 1.29 is 4.39 Å². The van der Waals surface area contributed by atoms with E-state index in [4.69, 9.17) is 11.6 Å². The van der Waals surface area contributed by atoms with Gasteiger partial charge in [0, 0.05) is 7.05 Å². The molecule has 0 saturated heterocycles. The lowest BCUT2D eigenvalue weighted by Gasteiger charge is -1.97. The highest BCUT2D eigenvalue weighted by atomic mass is 35.5. The molecule has 0 bridgehead atoms. The summed E-state index contributed by atoms with van der Waals surface area (Å²) in [5.41, 5.74) is 1.97. The highest BCUT2D eigenvalue weighted by molar-refractivity contribution is 6.34. The molecule has 5 heteroatoms. The van der Waals surface area contributed by atoms with Crippen molar-refractivity contribution in [2.45, 2.75) is 0 Å². The fourth-order valence-electron chi connectivity index (χ4n) is 1.98. The lowest BCUT2D eigenvalue weighted by atomic mass is 10.2. The molecule has 0 aliphatic heterocycles. The average Bonchev–Trinajstić information content (AvgIpc) is 2.56. The summed E-state index contributed by atoms with van der Waals surface area (Å²) >= 11 is 5.99. The summed E-state index contributed by atoms with van der Waals surface area (Å²) in [6.07, 6.45) is 1.34. The Hall–Kier alpha value is -1.68. The standard InChI is InChI=1S/C11H7ClFN3/c1-16-7-4-2-3-6(13)8(7)9-10(16)11(12)15-5-14-9/h2-5H,1H3. The normalized spacial score (nSPS) is 11.4. The number of aromatic nitrogens is 3. The monoisotopic (exact) mass is 235 g/mol. The Bertz CT molecular complexity index is 705. The van der Waals surface area contributed by atoms with Gasteiger partial charge < -0.3 is 4.57 Å². The number of rotatable bonds is 0. The minimum Gasteiger partial charge on any atom is -0.340 e. The van der Waals surface area contributed by atoms with E-state index in [1.165, 1.54) is 12.4 Å². The van der Waals surface area contributed by atoms with Crippen molar-refractivity contribution in [3.63, 3.8) is 0 Å². The third-order valence-corrected chi connectivity index (χ3v) is 2.98. The molecule has 0 fully saturated rings. The summed E-state index contributed by atoms with van der Waals surface area (Å²) in [7, 11) is 1.82. The van der Waals surface area contributed by atoms with Crippen LogP contribution in [0, 0.1) is 5.82 Å².